The molecule has 0 aliphatic carbocycles. The van der Waals surface area contributed by atoms with E-state index < -0.39 is 0 Å². The molecule has 1 N–H and O–H groups in total. The van der Waals surface area contributed by atoms with Crippen molar-refractivity contribution in [2.24, 2.45) is 0 Å². The summed E-state index contributed by atoms with van der Waals surface area (Å²) in [7, 11) is 0. The Balaban J connectivity index is 1.64. The quantitative estimate of drug-likeness (QED) is 0.366. The first-order chi connectivity index (χ1) is 15.0. The Morgan fingerprint density at radius 1 is 0.968 bits per heavy atom. The van der Waals surface area contributed by atoms with Crippen molar-refractivity contribution in [1.29, 1.82) is 0 Å². The summed E-state index contributed by atoms with van der Waals surface area (Å²) < 4.78 is 1.96. The minimum absolute atomic E-state index is 0.0880. The smallest absolute Gasteiger partial charge is 0.237 e. The zero-order valence-electron chi connectivity index (χ0n) is 17.1. The lowest BCUT2D eigenvalue weighted by Gasteiger charge is -2.15. The van der Waals surface area contributed by atoms with Crippen molar-refractivity contribution in [2.45, 2.75) is 24.3 Å². The number of halogens is 1. The number of carbonyl (C=O) groups excluding carboxylic acids is 1. The highest BCUT2D eigenvalue weighted by molar-refractivity contribution is 8.00. The van der Waals surface area contributed by atoms with Gasteiger partial charge in [0.2, 0.25) is 5.91 Å². The molecule has 0 bridgehead atoms. The van der Waals surface area contributed by atoms with Gasteiger partial charge in [-0.2, -0.15) is 0 Å². The average Bonchev–Trinajstić information content (AvgIpc) is 3.19. The Morgan fingerprint density at radius 2 is 1.65 bits per heavy atom. The number of aryl methyl sites for hydroxylation is 1. The van der Waals surface area contributed by atoms with E-state index in [-0.39, 0.29) is 11.2 Å². The maximum absolute atomic E-state index is 12.8. The molecule has 0 saturated carbocycles. The number of benzene rings is 3. The molecule has 156 valence electrons. The standard InChI is InChI=1S/C24H21ClN4OS/c1-16-8-6-7-11-21(16)26-23(30)17(2)31-24-28-27-22(18-12-14-19(25)15-13-18)29(24)20-9-4-3-5-10-20/h3-15,17H,1-2H3,(H,26,30). The van der Waals surface area contributed by atoms with Gasteiger partial charge in [0.25, 0.3) is 0 Å². The Bertz CT molecular complexity index is 1190. The normalized spacial score (nSPS) is 11.8. The fourth-order valence-corrected chi connectivity index (χ4v) is 4.09. The molecule has 1 aromatic heterocycles. The molecule has 1 amide bonds. The van der Waals surface area contributed by atoms with Gasteiger partial charge in [-0.25, -0.2) is 0 Å². The molecule has 0 fully saturated rings. The van der Waals surface area contributed by atoms with Crippen LogP contribution < -0.4 is 5.32 Å². The number of hydrogen-bond donors (Lipinski definition) is 1. The van der Waals surface area contributed by atoms with Crippen LogP contribution in [0.2, 0.25) is 5.02 Å². The van der Waals surface area contributed by atoms with Crippen LogP contribution in [0.25, 0.3) is 17.1 Å². The lowest BCUT2D eigenvalue weighted by molar-refractivity contribution is -0.115. The van der Waals surface area contributed by atoms with Crippen LogP contribution in [0.5, 0.6) is 0 Å². The molecule has 1 heterocycles. The maximum Gasteiger partial charge on any atom is 0.237 e. The molecule has 0 saturated heterocycles. The molecule has 4 aromatic rings. The molecule has 0 spiro atoms. The maximum atomic E-state index is 12.8. The van der Waals surface area contributed by atoms with Gasteiger partial charge in [-0.1, -0.05) is 59.8 Å². The molecule has 4 rings (SSSR count). The van der Waals surface area contributed by atoms with Crippen molar-refractivity contribution in [3.63, 3.8) is 0 Å². The van der Waals surface area contributed by atoms with Gasteiger partial charge in [0.15, 0.2) is 11.0 Å². The fourth-order valence-electron chi connectivity index (χ4n) is 3.10. The lowest BCUT2D eigenvalue weighted by atomic mass is 10.2. The van der Waals surface area contributed by atoms with E-state index in [9.17, 15) is 4.79 Å². The average molecular weight is 449 g/mol. The molecule has 5 nitrogen and oxygen atoms in total. The molecule has 0 aliphatic rings. The molecule has 31 heavy (non-hydrogen) atoms. The summed E-state index contributed by atoms with van der Waals surface area (Å²) in [5.41, 5.74) is 3.65. The number of anilines is 1. The monoisotopic (exact) mass is 448 g/mol. The van der Waals surface area contributed by atoms with E-state index in [0.29, 0.717) is 16.0 Å². The topological polar surface area (TPSA) is 59.8 Å². The van der Waals surface area contributed by atoms with Crippen LogP contribution in [0.15, 0.2) is 84.0 Å². The third-order valence-corrected chi connectivity index (χ3v) is 6.10. The van der Waals surface area contributed by atoms with Gasteiger partial charge in [-0.3, -0.25) is 9.36 Å². The first kappa shape index (κ1) is 21.2. The molecule has 0 radical (unpaired) electrons. The first-order valence-corrected chi connectivity index (χ1v) is 11.1. The zero-order chi connectivity index (χ0) is 21.8. The van der Waals surface area contributed by atoms with Gasteiger partial charge in [0.05, 0.1) is 5.25 Å². The fraction of sp³-hybridized carbons (Fsp3) is 0.125. The molecular formula is C24H21ClN4OS. The molecule has 1 atom stereocenters. The zero-order valence-corrected chi connectivity index (χ0v) is 18.7. The van der Waals surface area contributed by atoms with Crippen molar-refractivity contribution in [3.05, 3.63) is 89.4 Å². The second-order valence-electron chi connectivity index (χ2n) is 7.05. The Hall–Kier alpha value is -3.09. The highest BCUT2D eigenvalue weighted by Crippen LogP contribution is 2.31. The Labute approximate surface area is 190 Å². The second-order valence-corrected chi connectivity index (χ2v) is 8.79. The van der Waals surface area contributed by atoms with Crippen LogP contribution in [0.1, 0.15) is 12.5 Å². The predicted octanol–water partition coefficient (Wildman–Crippen LogP) is 6.02. The summed E-state index contributed by atoms with van der Waals surface area (Å²) in [6.45, 7) is 3.84. The van der Waals surface area contributed by atoms with Crippen molar-refractivity contribution in [1.82, 2.24) is 14.8 Å². The Kier molecular flexibility index (Phi) is 6.39. The van der Waals surface area contributed by atoms with E-state index in [1.165, 1.54) is 11.8 Å². The summed E-state index contributed by atoms with van der Waals surface area (Å²) in [6, 6.07) is 25.1. The second kappa shape index (κ2) is 9.37. The van der Waals surface area contributed by atoms with E-state index in [0.717, 1.165) is 22.5 Å². The van der Waals surface area contributed by atoms with E-state index in [1.54, 1.807) is 0 Å². The third-order valence-electron chi connectivity index (χ3n) is 4.80. The molecule has 0 aliphatic heterocycles. The van der Waals surface area contributed by atoms with Gasteiger partial charge >= 0.3 is 0 Å². The number of nitrogens with one attached hydrogen (secondary N) is 1. The molecular weight excluding hydrogens is 428 g/mol. The van der Waals surface area contributed by atoms with Crippen molar-refractivity contribution in [2.75, 3.05) is 5.32 Å². The van der Waals surface area contributed by atoms with Crippen molar-refractivity contribution < 1.29 is 4.79 Å². The number of rotatable bonds is 6. The minimum atomic E-state index is -0.371. The van der Waals surface area contributed by atoms with E-state index in [1.807, 2.05) is 97.3 Å². The van der Waals surface area contributed by atoms with Crippen LogP contribution in [0.4, 0.5) is 5.69 Å². The summed E-state index contributed by atoms with van der Waals surface area (Å²) in [6.07, 6.45) is 0. The number of hydrogen-bond acceptors (Lipinski definition) is 4. The number of amides is 1. The van der Waals surface area contributed by atoms with Gasteiger partial charge in [-0.15, -0.1) is 10.2 Å². The summed E-state index contributed by atoms with van der Waals surface area (Å²) in [5.74, 6) is 0.604. The molecule has 3 aromatic carbocycles. The lowest BCUT2D eigenvalue weighted by Crippen LogP contribution is -2.23. The predicted molar refractivity (Wildman–Crippen MR) is 127 cm³/mol. The van der Waals surface area contributed by atoms with Crippen molar-refractivity contribution in [3.8, 4) is 17.1 Å². The number of carbonyl (C=O) groups is 1. The van der Waals surface area contributed by atoms with E-state index >= 15 is 0 Å². The van der Waals surface area contributed by atoms with Gasteiger partial charge in [-0.05, 0) is 61.9 Å². The van der Waals surface area contributed by atoms with Crippen LogP contribution in [0, 0.1) is 6.92 Å². The van der Waals surface area contributed by atoms with Crippen LogP contribution in [-0.4, -0.2) is 25.9 Å². The SMILES string of the molecule is Cc1ccccc1NC(=O)C(C)Sc1nnc(-c2ccc(Cl)cc2)n1-c1ccccc1. The van der Waals surface area contributed by atoms with Gasteiger partial charge < -0.3 is 5.32 Å². The number of nitrogens with zero attached hydrogens (tertiary/aromatic N) is 3. The van der Waals surface area contributed by atoms with Gasteiger partial charge in [0.1, 0.15) is 0 Å². The number of aromatic nitrogens is 3. The minimum Gasteiger partial charge on any atom is -0.325 e. The van der Waals surface area contributed by atoms with Crippen LogP contribution >= 0.6 is 23.4 Å². The largest absolute Gasteiger partial charge is 0.325 e. The first-order valence-electron chi connectivity index (χ1n) is 9.83. The Morgan fingerprint density at radius 3 is 2.35 bits per heavy atom. The number of para-hydroxylation sites is 2. The highest BCUT2D eigenvalue weighted by Gasteiger charge is 2.22. The van der Waals surface area contributed by atoms with Crippen molar-refractivity contribution >= 4 is 35.0 Å². The van der Waals surface area contributed by atoms with E-state index in [4.69, 9.17) is 11.6 Å². The van der Waals surface area contributed by atoms with Crippen LogP contribution in [-0.2, 0) is 4.79 Å². The van der Waals surface area contributed by atoms with E-state index in [2.05, 4.69) is 15.5 Å². The van der Waals surface area contributed by atoms with Gasteiger partial charge in [0, 0.05) is 22.0 Å². The highest BCUT2D eigenvalue weighted by atomic mass is 35.5. The summed E-state index contributed by atoms with van der Waals surface area (Å²) >= 11 is 7.42. The third kappa shape index (κ3) is 4.81. The number of thioether (sulfide) groups is 1. The molecule has 1 unspecified atom stereocenters. The van der Waals surface area contributed by atoms with Crippen LogP contribution in [0.3, 0.4) is 0 Å². The molecule has 7 heteroatoms. The summed E-state index contributed by atoms with van der Waals surface area (Å²) in [4.78, 5) is 12.8. The summed E-state index contributed by atoms with van der Waals surface area (Å²) in [5, 5.41) is 12.8.